The second-order valence-electron chi connectivity index (χ2n) is 4.80. The van der Waals surface area contributed by atoms with E-state index < -0.39 is 24.1 Å². The standard InChI is InChI=1S/C15H14N2O5/c1-8-12(15(21)22)10(6-11(18)19)17(2)13(8)14(20)9-4-3-5-16-7-9/h3-5,7H,6H2,1-2H3,(H,18,19)(H,21,22). The predicted octanol–water partition coefficient (Wildman–Crippen LogP) is 1.28. The van der Waals surface area contributed by atoms with Crippen LogP contribution in [0.15, 0.2) is 24.5 Å². The molecule has 0 radical (unpaired) electrons. The van der Waals surface area contributed by atoms with Gasteiger partial charge in [-0.1, -0.05) is 0 Å². The molecular weight excluding hydrogens is 288 g/mol. The Balaban J connectivity index is 2.65. The first kappa shape index (κ1) is 15.4. The summed E-state index contributed by atoms with van der Waals surface area (Å²) in [6, 6.07) is 3.17. The molecule has 0 saturated carbocycles. The number of aromatic nitrogens is 2. The van der Waals surface area contributed by atoms with Crippen LogP contribution in [-0.4, -0.2) is 37.5 Å². The third-order valence-corrected chi connectivity index (χ3v) is 3.43. The number of aromatic carboxylic acids is 1. The fourth-order valence-electron chi connectivity index (χ4n) is 2.48. The van der Waals surface area contributed by atoms with Crippen molar-refractivity contribution in [3.63, 3.8) is 0 Å². The molecule has 7 heteroatoms. The molecule has 0 amide bonds. The average Bonchev–Trinajstić information content (AvgIpc) is 2.70. The third kappa shape index (κ3) is 2.60. The van der Waals surface area contributed by atoms with Crippen LogP contribution >= 0.6 is 0 Å². The summed E-state index contributed by atoms with van der Waals surface area (Å²) in [5.41, 5.74) is 0.661. The Morgan fingerprint density at radius 3 is 2.45 bits per heavy atom. The third-order valence-electron chi connectivity index (χ3n) is 3.43. The van der Waals surface area contributed by atoms with Gasteiger partial charge in [0.2, 0.25) is 5.78 Å². The maximum Gasteiger partial charge on any atom is 0.337 e. The van der Waals surface area contributed by atoms with Crippen LogP contribution in [0.25, 0.3) is 0 Å². The molecule has 0 fully saturated rings. The SMILES string of the molecule is Cc1c(C(=O)O)c(CC(=O)O)n(C)c1C(=O)c1cccnc1. The molecule has 114 valence electrons. The summed E-state index contributed by atoms with van der Waals surface area (Å²) in [4.78, 5) is 38.8. The summed E-state index contributed by atoms with van der Waals surface area (Å²) >= 11 is 0. The Bertz CT molecular complexity index is 762. The maximum atomic E-state index is 12.6. The van der Waals surface area contributed by atoms with Gasteiger partial charge < -0.3 is 14.8 Å². The van der Waals surface area contributed by atoms with E-state index in [2.05, 4.69) is 4.98 Å². The van der Waals surface area contributed by atoms with E-state index in [-0.39, 0.29) is 22.5 Å². The highest BCUT2D eigenvalue weighted by molar-refractivity contribution is 6.10. The van der Waals surface area contributed by atoms with Crippen LogP contribution in [0.5, 0.6) is 0 Å². The molecule has 2 N–H and O–H groups in total. The first-order chi connectivity index (χ1) is 10.3. The lowest BCUT2D eigenvalue weighted by molar-refractivity contribution is -0.136. The minimum atomic E-state index is -1.26. The lowest BCUT2D eigenvalue weighted by Crippen LogP contribution is -2.13. The van der Waals surface area contributed by atoms with E-state index in [0.717, 1.165) is 0 Å². The smallest absolute Gasteiger partial charge is 0.337 e. The van der Waals surface area contributed by atoms with Gasteiger partial charge in [0.1, 0.15) is 0 Å². The van der Waals surface area contributed by atoms with E-state index in [0.29, 0.717) is 5.56 Å². The molecule has 0 bridgehead atoms. The van der Waals surface area contributed by atoms with Crippen molar-refractivity contribution >= 4 is 17.7 Å². The summed E-state index contributed by atoms with van der Waals surface area (Å²) in [7, 11) is 1.49. The van der Waals surface area contributed by atoms with Crippen molar-refractivity contribution < 1.29 is 24.6 Å². The van der Waals surface area contributed by atoms with Crippen LogP contribution in [0, 0.1) is 6.92 Å². The number of carbonyl (C=O) groups excluding carboxylic acids is 1. The van der Waals surface area contributed by atoms with Crippen LogP contribution in [-0.2, 0) is 18.3 Å². The van der Waals surface area contributed by atoms with Crippen molar-refractivity contribution in [2.24, 2.45) is 7.05 Å². The first-order valence-corrected chi connectivity index (χ1v) is 6.42. The predicted molar refractivity (Wildman–Crippen MR) is 76.1 cm³/mol. The van der Waals surface area contributed by atoms with Gasteiger partial charge in [-0.2, -0.15) is 0 Å². The summed E-state index contributed by atoms with van der Waals surface area (Å²) in [6.45, 7) is 1.50. The summed E-state index contributed by atoms with van der Waals surface area (Å²) in [6.07, 6.45) is 2.43. The highest BCUT2D eigenvalue weighted by Crippen LogP contribution is 2.24. The second kappa shape index (κ2) is 5.80. The van der Waals surface area contributed by atoms with Gasteiger partial charge in [-0.15, -0.1) is 0 Å². The number of pyridine rings is 1. The van der Waals surface area contributed by atoms with Crippen molar-refractivity contribution in [3.05, 3.63) is 52.6 Å². The number of carboxylic acids is 2. The highest BCUT2D eigenvalue weighted by atomic mass is 16.4. The van der Waals surface area contributed by atoms with Crippen LogP contribution < -0.4 is 0 Å². The molecule has 0 unspecified atom stereocenters. The monoisotopic (exact) mass is 302 g/mol. The molecule has 0 aromatic carbocycles. The van der Waals surface area contributed by atoms with Crippen LogP contribution in [0.2, 0.25) is 0 Å². The molecule has 2 aromatic rings. The minimum Gasteiger partial charge on any atom is -0.481 e. The zero-order valence-corrected chi connectivity index (χ0v) is 12.0. The fraction of sp³-hybridized carbons (Fsp3) is 0.200. The van der Waals surface area contributed by atoms with Gasteiger partial charge in [0.25, 0.3) is 0 Å². The molecule has 7 nitrogen and oxygen atoms in total. The molecule has 0 aliphatic rings. The Hall–Kier alpha value is -2.96. The van der Waals surface area contributed by atoms with E-state index >= 15 is 0 Å². The number of hydrogen-bond donors (Lipinski definition) is 2. The Morgan fingerprint density at radius 1 is 1.27 bits per heavy atom. The molecule has 2 heterocycles. The molecule has 2 aromatic heterocycles. The van der Waals surface area contributed by atoms with Gasteiger partial charge in [-0.25, -0.2) is 4.79 Å². The molecule has 0 spiro atoms. The van der Waals surface area contributed by atoms with E-state index in [1.54, 1.807) is 12.1 Å². The number of nitrogens with zero attached hydrogens (tertiary/aromatic N) is 2. The highest BCUT2D eigenvalue weighted by Gasteiger charge is 2.28. The topological polar surface area (TPSA) is 109 Å². The van der Waals surface area contributed by atoms with E-state index in [9.17, 15) is 19.5 Å². The normalized spacial score (nSPS) is 10.5. The van der Waals surface area contributed by atoms with Crippen LogP contribution in [0.4, 0.5) is 0 Å². The summed E-state index contributed by atoms with van der Waals surface area (Å²) in [5.74, 6) is -2.81. The fourth-order valence-corrected chi connectivity index (χ4v) is 2.48. The second-order valence-corrected chi connectivity index (χ2v) is 4.80. The molecule has 0 aliphatic carbocycles. The maximum absolute atomic E-state index is 12.6. The number of rotatable bonds is 5. The molecule has 0 atom stereocenters. The van der Waals surface area contributed by atoms with E-state index in [1.165, 1.54) is 30.9 Å². The van der Waals surface area contributed by atoms with E-state index in [4.69, 9.17) is 5.11 Å². The largest absolute Gasteiger partial charge is 0.481 e. The van der Waals surface area contributed by atoms with Crippen LogP contribution in [0.3, 0.4) is 0 Å². The van der Waals surface area contributed by atoms with Gasteiger partial charge in [0.05, 0.1) is 17.7 Å². The van der Waals surface area contributed by atoms with Crippen LogP contribution in [0.1, 0.15) is 37.7 Å². The van der Waals surface area contributed by atoms with Crippen molar-refractivity contribution in [3.8, 4) is 0 Å². The quantitative estimate of drug-likeness (QED) is 0.805. The van der Waals surface area contributed by atoms with Gasteiger partial charge in [-0.3, -0.25) is 14.6 Å². The Labute approximate surface area is 125 Å². The zero-order chi connectivity index (χ0) is 16.4. The number of carboxylic acid groups (broad SMARTS) is 2. The minimum absolute atomic E-state index is 0.0877. The first-order valence-electron chi connectivity index (χ1n) is 6.42. The molecule has 0 saturated heterocycles. The average molecular weight is 302 g/mol. The van der Waals surface area contributed by atoms with Gasteiger partial charge in [0, 0.05) is 30.7 Å². The van der Waals surface area contributed by atoms with Crippen molar-refractivity contribution in [2.45, 2.75) is 13.3 Å². The van der Waals surface area contributed by atoms with Crippen molar-refractivity contribution in [1.82, 2.24) is 9.55 Å². The van der Waals surface area contributed by atoms with Gasteiger partial charge >= 0.3 is 11.9 Å². The molecule has 0 aliphatic heterocycles. The Morgan fingerprint density at radius 2 is 1.95 bits per heavy atom. The lowest BCUT2D eigenvalue weighted by Gasteiger charge is -2.06. The summed E-state index contributed by atoms with van der Waals surface area (Å²) in [5, 5.41) is 18.3. The van der Waals surface area contributed by atoms with E-state index in [1.807, 2.05) is 0 Å². The Kier molecular flexibility index (Phi) is 4.07. The lowest BCUT2D eigenvalue weighted by atomic mass is 10.0. The molecule has 22 heavy (non-hydrogen) atoms. The number of ketones is 1. The molecular formula is C15H14N2O5. The molecule has 2 rings (SSSR count). The number of hydrogen-bond acceptors (Lipinski definition) is 4. The zero-order valence-electron chi connectivity index (χ0n) is 12.0. The summed E-state index contributed by atoms with van der Waals surface area (Å²) < 4.78 is 1.34. The van der Waals surface area contributed by atoms with Crippen molar-refractivity contribution in [2.75, 3.05) is 0 Å². The van der Waals surface area contributed by atoms with Gasteiger partial charge in [-0.05, 0) is 24.6 Å². The van der Waals surface area contributed by atoms with Crippen molar-refractivity contribution in [1.29, 1.82) is 0 Å². The number of aliphatic carboxylic acids is 1. The number of carbonyl (C=O) groups is 3. The van der Waals surface area contributed by atoms with Gasteiger partial charge in [0.15, 0.2) is 0 Å².